The van der Waals surface area contributed by atoms with E-state index in [0.29, 0.717) is 0 Å². The first-order valence-electron chi connectivity index (χ1n) is 3.64. The van der Waals surface area contributed by atoms with Crippen molar-refractivity contribution < 1.29 is 19.1 Å². The zero-order valence-electron chi connectivity index (χ0n) is 6.94. The molecule has 0 aromatic carbocycles. The van der Waals surface area contributed by atoms with E-state index in [9.17, 15) is 9.59 Å². The van der Waals surface area contributed by atoms with Crippen molar-refractivity contribution >= 4 is 11.8 Å². The minimum Gasteiger partial charge on any atom is -0.432 e. The Hall–Kier alpha value is -1.16. The number of hydrogen-bond donors (Lipinski definition) is 0. The van der Waals surface area contributed by atoms with Crippen molar-refractivity contribution in [3.8, 4) is 0 Å². The molecule has 0 spiro atoms. The molecule has 0 aromatic heterocycles. The SMILES string of the molecule is CC(=O)OC1C=CC(=O)[C@@H](C)O1. The van der Waals surface area contributed by atoms with Crippen molar-refractivity contribution in [2.75, 3.05) is 0 Å². The predicted molar refractivity (Wildman–Crippen MR) is 40.2 cm³/mol. The molecular formula is C8H10O4. The molecule has 0 saturated carbocycles. The largest absolute Gasteiger partial charge is 0.432 e. The van der Waals surface area contributed by atoms with Gasteiger partial charge >= 0.3 is 5.97 Å². The van der Waals surface area contributed by atoms with Crippen LogP contribution in [0.25, 0.3) is 0 Å². The van der Waals surface area contributed by atoms with Gasteiger partial charge in [0.05, 0.1) is 0 Å². The zero-order chi connectivity index (χ0) is 9.14. The highest BCUT2D eigenvalue weighted by atomic mass is 16.7. The normalized spacial score (nSPS) is 28.7. The molecule has 1 heterocycles. The lowest BCUT2D eigenvalue weighted by Crippen LogP contribution is -2.31. The highest BCUT2D eigenvalue weighted by molar-refractivity contribution is 5.93. The zero-order valence-corrected chi connectivity index (χ0v) is 6.94. The monoisotopic (exact) mass is 170 g/mol. The standard InChI is InChI=1S/C8H10O4/c1-5-7(10)3-4-8(11-5)12-6(2)9/h3-5,8H,1-2H3/t5-,8?/m1/s1. The Kier molecular flexibility index (Phi) is 2.60. The van der Waals surface area contributed by atoms with Crippen LogP contribution >= 0.6 is 0 Å². The molecule has 0 aliphatic carbocycles. The van der Waals surface area contributed by atoms with Gasteiger partial charge in [-0.2, -0.15) is 0 Å². The molecule has 1 unspecified atom stereocenters. The molecule has 2 atom stereocenters. The van der Waals surface area contributed by atoms with Crippen LogP contribution in [0.4, 0.5) is 0 Å². The van der Waals surface area contributed by atoms with Crippen molar-refractivity contribution in [2.45, 2.75) is 26.2 Å². The van der Waals surface area contributed by atoms with Gasteiger partial charge in [-0.05, 0) is 19.1 Å². The summed E-state index contributed by atoms with van der Waals surface area (Å²) in [6, 6.07) is 0. The second-order valence-electron chi connectivity index (χ2n) is 2.52. The van der Waals surface area contributed by atoms with E-state index in [1.54, 1.807) is 6.92 Å². The summed E-state index contributed by atoms with van der Waals surface area (Å²) in [5.41, 5.74) is 0. The average molecular weight is 170 g/mol. The first-order valence-corrected chi connectivity index (χ1v) is 3.64. The van der Waals surface area contributed by atoms with Crippen molar-refractivity contribution in [1.82, 2.24) is 0 Å². The first-order chi connectivity index (χ1) is 5.59. The van der Waals surface area contributed by atoms with Gasteiger partial charge in [0.25, 0.3) is 0 Å². The molecule has 1 aliphatic rings. The Labute approximate surface area is 70.1 Å². The van der Waals surface area contributed by atoms with Crippen LogP contribution < -0.4 is 0 Å². The Morgan fingerprint density at radius 3 is 2.83 bits per heavy atom. The molecule has 1 aliphatic heterocycles. The minimum atomic E-state index is -0.713. The Morgan fingerprint density at radius 1 is 1.67 bits per heavy atom. The van der Waals surface area contributed by atoms with E-state index in [-0.39, 0.29) is 5.78 Å². The van der Waals surface area contributed by atoms with Gasteiger partial charge in [0.15, 0.2) is 5.78 Å². The van der Waals surface area contributed by atoms with Crippen molar-refractivity contribution in [3.63, 3.8) is 0 Å². The van der Waals surface area contributed by atoms with E-state index >= 15 is 0 Å². The van der Waals surface area contributed by atoms with E-state index in [1.165, 1.54) is 19.1 Å². The van der Waals surface area contributed by atoms with Gasteiger partial charge < -0.3 is 9.47 Å². The number of carbonyl (C=O) groups excluding carboxylic acids is 2. The Bertz CT molecular complexity index is 231. The number of carbonyl (C=O) groups is 2. The molecule has 0 fully saturated rings. The fourth-order valence-electron chi connectivity index (χ4n) is 0.853. The third-order valence-corrected chi connectivity index (χ3v) is 1.44. The molecule has 0 bridgehead atoms. The van der Waals surface area contributed by atoms with Crippen LogP contribution in [0.15, 0.2) is 12.2 Å². The third kappa shape index (κ3) is 2.17. The van der Waals surface area contributed by atoms with E-state index in [1.807, 2.05) is 0 Å². The average Bonchev–Trinajstić information content (AvgIpc) is 1.96. The van der Waals surface area contributed by atoms with Gasteiger partial charge in [-0.3, -0.25) is 9.59 Å². The lowest BCUT2D eigenvalue weighted by Gasteiger charge is -2.21. The smallest absolute Gasteiger partial charge is 0.305 e. The minimum absolute atomic E-state index is 0.113. The quantitative estimate of drug-likeness (QED) is 0.535. The summed E-state index contributed by atoms with van der Waals surface area (Å²) in [6.07, 6.45) is 1.54. The van der Waals surface area contributed by atoms with Gasteiger partial charge in [0, 0.05) is 6.92 Å². The van der Waals surface area contributed by atoms with Crippen LogP contribution in [0.5, 0.6) is 0 Å². The maximum absolute atomic E-state index is 10.9. The van der Waals surface area contributed by atoms with Gasteiger partial charge in [-0.25, -0.2) is 0 Å². The fraction of sp³-hybridized carbons (Fsp3) is 0.500. The summed E-state index contributed by atoms with van der Waals surface area (Å²) in [5, 5.41) is 0. The molecule has 0 amide bonds. The van der Waals surface area contributed by atoms with Crippen LogP contribution in [0, 0.1) is 0 Å². The van der Waals surface area contributed by atoms with Gasteiger partial charge in [0.2, 0.25) is 6.29 Å². The predicted octanol–water partition coefficient (Wildman–Crippen LogP) is 0.420. The maximum Gasteiger partial charge on any atom is 0.305 e. The summed E-state index contributed by atoms with van der Waals surface area (Å²) in [7, 11) is 0. The Balaban J connectivity index is 2.55. The highest BCUT2D eigenvalue weighted by Gasteiger charge is 2.22. The van der Waals surface area contributed by atoms with Crippen molar-refractivity contribution in [1.29, 1.82) is 0 Å². The van der Waals surface area contributed by atoms with E-state index in [4.69, 9.17) is 9.47 Å². The summed E-state index contributed by atoms with van der Waals surface area (Å²) in [6.45, 7) is 2.90. The summed E-state index contributed by atoms with van der Waals surface area (Å²) >= 11 is 0. The number of esters is 1. The third-order valence-electron chi connectivity index (χ3n) is 1.44. The van der Waals surface area contributed by atoms with E-state index in [0.717, 1.165) is 0 Å². The maximum atomic E-state index is 10.9. The molecule has 0 N–H and O–H groups in total. The number of ketones is 1. The molecule has 4 heteroatoms. The molecule has 12 heavy (non-hydrogen) atoms. The number of hydrogen-bond acceptors (Lipinski definition) is 4. The topological polar surface area (TPSA) is 52.6 Å². The Morgan fingerprint density at radius 2 is 2.33 bits per heavy atom. The summed E-state index contributed by atoms with van der Waals surface area (Å²) in [5.74, 6) is -0.537. The summed E-state index contributed by atoms with van der Waals surface area (Å²) < 4.78 is 9.74. The van der Waals surface area contributed by atoms with Crippen molar-refractivity contribution in [2.24, 2.45) is 0 Å². The highest BCUT2D eigenvalue weighted by Crippen LogP contribution is 2.09. The van der Waals surface area contributed by atoms with Gasteiger partial charge in [-0.1, -0.05) is 0 Å². The molecule has 4 nitrogen and oxygen atoms in total. The molecule has 0 radical (unpaired) electrons. The van der Waals surface area contributed by atoms with Crippen LogP contribution in [0.1, 0.15) is 13.8 Å². The van der Waals surface area contributed by atoms with Crippen LogP contribution in [0.2, 0.25) is 0 Å². The van der Waals surface area contributed by atoms with E-state index < -0.39 is 18.4 Å². The number of rotatable bonds is 1. The molecule has 0 saturated heterocycles. The lowest BCUT2D eigenvalue weighted by molar-refractivity contribution is -0.178. The fourth-order valence-corrected chi connectivity index (χ4v) is 0.853. The molecule has 0 aromatic rings. The number of ether oxygens (including phenoxy) is 2. The van der Waals surface area contributed by atoms with E-state index in [2.05, 4.69) is 0 Å². The van der Waals surface area contributed by atoms with Crippen molar-refractivity contribution in [3.05, 3.63) is 12.2 Å². The first kappa shape index (κ1) is 8.93. The van der Waals surface area contributed by atoms with Crippen LogP contribution in [-0.2, 0) is 19.1 Å². The molecular weight excluding hydrogens is 160 g/mol. The molecule has 1 rings (SSSR count). The lowest BCUT2D eigenvalue weighted by atomic mass is 10.2. The second kappa shape index (κ2) is 3.49. The van der Waals surface area contributed by atoms with Gasteiger partial charge in [-0.15, -0.1) is 0 Å². The second-order valence-corrected chi connectivity index (χ2v) is 2.52. The van der Waals surface area contributed by atoms with Crippen LogP contribution in [-0.4, -0.2) is 24.1 Å². The molecule has 66 valence electrons. The van der Waals surface area contributed by atoms with Gasteiger partial charge in [0.1, 0.15) is 6.10 Å². The summed E-state index contributed by atoms with van der Waals surface area (Å²) in [4.78, 5) is 21.4. The van der Waals surface area contributed by atoms with Crippen LogP contribution in [0.3, 0.4) is 0 Å².